The number of sulfonamides is 1. The summed E-state index contributed by atoms with van der Waals surface area (Å²) in [6.45, 7) is 5.22. The van der Waals surface area contributed by atoms with E-state index in [2.05, 4.69) is 5.32 Å². The van der Waals surface area contributed by atoms with Gasteiger partial charge in [0.1, 0.15) is 12.6 Å². The fourth-order valence-electron chi connectivity index (χ4n) is 5.03. The van der Waals surface area contributed by atoms with Crippen LogP contribution in [-0.2, 0) is 26.2 Å². The maximum absolute atomic E-state index is 14.0. The number of rotatable bonds is 10. The van der Waals surface area contributed by atoms with Crippen molar-refractivity contribution in [1.82, 2.24) is 10.2 Å². The molecule has 1 aliphatic rings. The smallest absolute Gasteiger partial charge is 0.264 e. The molecule has 1 atom stereocenters. The van der Waals surface area contributed by atoms with E-state index in [9.17, 15) is 18.0 Å². The van der Waals surface area contributed by atoms with Gasteiger partial charge in [-0.2, -0.15) is 0 Å². The molecule has 3 aromatic rings. The average molecular weight is 582 g/mol. The van der Waals surface area contributed by atoms with Gasteiger partial charge in [-0.05, 0) is 81.1 Å². The molecule has 0 radical (unpaired) electrons. The highest BCUT2D eigenvalue weighted by atomic mass is 35.5. The summed E-state index contributed by atoms with van der Waals surface area (Å²) in [6, 6.07) is 19.9. The highest BCUT2D eigenvalue weighted by Gasteiger charge is 2.33. The minimum Gasteiger partial charge on any atom is -0.352 e. The summed E-state index contributed by atoms with van der Waals surface area (Å²) >= 11 is 6.01. The van der Waals surface area contributed by atoms with Gasteiger partial charge >= 0.3 is 0 Å². The van der Waals surface area contributed by atoms with Gasteiger partial charge < -0.3 is 10.2 Å². The summed E-state index contributed by atoms with van der Waals surface area (Å²) in [4.78, 5) is 28.8. The standard InChI is InChI=1S/C31H36ClN3O4S/c1-22-8-6-10-25(18-22)20-34(24(3)31(37)33-27-11-4-5-12-27)30(36)21-35(28-13-7-9-23(2)19-28)40(38,39)29-16-14-26(32)15-17-29/h6-10,13-19,24,27H,4-5,11-12,20-21H2,1-3H3,(H,33,37)/t24-/m0/s1. The lowest BCUT2D eigenvalue weighted by Gasteiger charge is -2.32. The van der Waals surface area contributed by atoms with Crippen LogP contribution in [0.15, 0.2) is 77.7 Å². The molecular formula is C31H36ClN3O4S. The highest BCUT2D eigenvalue weighted by Crippen LogP contribution is 2.26. The van der Waals surface area contributed by atoms with E-state index in [1.165, 1.54) is 29.2 Å². The second-order valence-electron chi connectivity index (χ2n) is 10.5. The van der Waals surface area contributed by atoms with Gasteiger partial charge in [0.2, 0.25) is 11.8 Å². The lowest BCUT2D eigenvalue weighted by atomic mass is 10.1. The van der Waals surface area contributed by atoms with Gasteiger partial charge in [0.15, 0.2) is 0 Å². The van der Waals surface area contributed by atoms with Crippen LogP contribution in [0.25, 0.3) is 0 Å². The number of anilines is 1. The van der Waals surface area contributed by atoms with E-state index in [0.29, 0.717) is 10.7 Å². The molecular weight excluding hydrogens is 546 g/mol. The van der Waals surface area contributed by atoms with E-state index in [0.717, 1.165) is 46.7 Å². The SMILES string of the molecule is Cc1cccc(CN(C(=O)CN(c2cccc(C)c2)S(=O)(=O)c2ccc(Cl)cc2)[C@@H](C)C(=O)NC2CCCC2)c1. The largest absolute Gasteiger partial charge is 0.352 e. The Labute approximate surface area is 242 Å². The Morgan fingerprint density at radius 3 is 2.20 bits per heavy atom. The fourth-order valence-corrected chi connectivity index (χ4v) is 6.56. The second kappa shape index (κ2) is 12.9. The first-order valence-electron chi connectivity index (χ1n) is 13.5. The van der Waals surface area contributed by atoms with Crippen LogP contribution in [0.1, 0.15) is 49.3 Å². The fraction of sp³-hybridized carbons (Fsp3) is 0.355. The topological polar surface area (TPSA) is 86.8 Å². The number of hydrogen-bond acceptors (Lipinski definition) is 4. The summed E-state index contributed by atoms with van der Waals surface area (Å²) in [7, 11) is -4.13. The van der Waals surface area contributed by atoms with Crippen LogP contribution in [0, 0.1) is 13.8 Å². The Balaban J connectivity index is 1.69. The molecule has 0 spiro atoms. The summed E-state index contributed by atoms with van der Waals surface area (Å²) in [5.74, 6) is -0.717. The highest BCUT2D eigenvalue weighted by molar-refractivity contribution is 7.92. The maximum Gasteiger partial charge on any atom is 0.264 e. The number of carbonyl (C=O) groups excluding carboxylic acids is 2. The van der Waals surface area contributed by atoms with Crippen LogP contribution < -0.4 is 9.62 Å². The lowest BCUT2D eigenvalue weighted by Crippen LogP contribution is -2.52. The molecule has 7 nitrogen and oxygen atoms in total. The zero-order valence-corrected chi connectivity index (χ0v) is 24.7. The molecule has 0 heterocycles. The molecule has 40 heavy (non-hydrogen) atoms. The van der Waals surface area contributed by atoms with Gasteiger partial charge in [0, 0.05) is 17.6 Å². The minimum absolute atomic E-state index is 0.0171. The van der Waals surface area contributed by atoms with Crippen LogP contribution in [0.4, 0.5) is 5.69 Å². The van der Waals surface area contributed by atoms with E-state index in [1.807, 2.05) is 44.2 Å². The van der Waals surface area contributed by atoms with E-state index < -0.39 is 28.5 Å². The molecule has 1 aliphatic carbocycles. The van der Waals surface area contributed by atoms with Gasteiger partial charge in [0.25, 0.3) is 10.0 Å². The van der Waals surface area contributed by atoms with Crippen LogP contribution in [0.5, 0.6) is 0 Å². The maximum atomic E-state index is 14.0. The zero-order chi connectivity index (χ0) is 28.9. The van der Waals surface area contributed by atoms with E-state index in [4.69, 9.17) is 11.6 Å². The molecule has 2 amide bonds. The first-order valence-corrected chi connectivity index (χ1v) is 15.4. The average Bonchev–Trinajstić information content (AvgIpc) is 3.43. The predicted octanol–water partition coefficient (Wildman–Crippen LogP) is 5.63. The van der Waals surface area contributed by atoms with Gasteiger partial charge in [-0.15, -0.1) is 0 Å². The number of nitrogens with zero attached hydrogens (tertiary/aromatic N) is 2. The molecule has 3 aromatic carbocycles. The summed E-state index contributed by atoms with van der Waals surface area (Å²) in [6.07, 6.45) is 3.98. The zero-order valence-electron chi connectivity index (χ0n) is 23.1. The van der Waals surface area contributed by atoms with Crippen molar-refractivity contribution < 1.29 is 18.0 Å². The Morgan fingerprint density at radius 2 is 1.57 bits per heavy atom. The van der Waals surface area contributed by atoms with Gasteiger partial charge in [-0.3, -0.25) is 13.9 Å². The lowest BCUT2D eigenvalue weighted by molar-refractivity contribution is -0.139. The van der Waals surface area contributed by atoms with Crippen molar-refractivity contribution in [3.05, 3.63) is 94.5 Å². The number of hydrogen-bond donors (Lipinski definition) is 1. The van der Waals surface area contributed by atoms with Crippen LogP contribution in [0.3, 0.4) is 0 Å². The van der Waals surface area contributed by atoms with Crippen LogP contribution >= 0.6 is 11.6 Å². The van der Waals surface area contributed by atoms with E-state index >= 15 is 0 Å². The second-order valence-corrected chi connectivity index (χ2v) is 12.8. The number of carbonyl (C=O) groups is 2. The van der Waals surface area contributed by atoms with Crippen LogP contribution in [-0.4, -0.2) is 43.8 Å². The molecule has 0 aromatic heterocycles. The molecule has 4 rings (SSSR count). The molecule has 0 aliphatic heterocycles. The molecule has 0 unspecified atom stereocenters. The molecule has 212 valence electrons. The van der Waals surface area contributed by atoms with E-state index in [1.54, 1.807) is 25.1 Å². The molecule has 0 saturated heterocycles. The molecule has 1 saturated carbocycles. The number of aryl methyl sites for hydroxylation is 2. The van der Waals surface area contributed by atoms with Gasteiger partial charge in [-0.25, -0.2) is 8.42 Å². The van der Waals surface area contributed by atoms with Crippen molar-refractivity contribution in [1.29, 1.82) is 0 Å². The Hall–Kier alpha value is -3.36. The van der Waals surface area contributed by atoms with E-state index in [-0.39, 0.29) is 23.4 Å². The van der Waals surface area contributed by atoms with Crippen molar-refractivity contribution in [3.63, 3.8) is 0 Å². The summed E-state index contributed by atoms with van der Waals surface area (Å²) < 4.78 is 28.9. The minimum atomic E-state index is -4.13. The molecule has 1 fully saturated rings. The predicted molar refractivity (Wildman–Crippen MR) is 159 cm³/mol. The van der Waals surface area contributed by atoms with Crippen molar-refractivity contribution in [2.75, 3.05) is 10.8 Å². The molecule has 9 heteroatoms. The van der Waals surface area contributed by atoms with Crippen molar-refractivity contribution in [3.8, 4) is 0 Å². The number of amides is 2. The third-order valence-corrected chi connectivity index (χ3v) is 9.31. The van der Waals surface area contributed by atoms with Crippen molar-refractivity contribution in [2.24, 2.45) is 0 Å². The van der Waals surface area contributed by atoms with Crippen molar-refractivity contribution in [2.45, 2.75) is 70.0 Å². The normalized spacial score (nSPS) is 14.5. The first kappa shape index (κ1) is 29.6. The van der Waals surface area contributed by atoms with Gasteiger partial charge in [-0.1, -0.05) is 66.4 Å². The summed E-state index contributed by atoms with van der Waals surface area (Å²) in [5, 5.41) is 3.49. The monoisotopic (exact) mass is 581 g/mol. The quantitative estimate of drug-likeness (QED) is 0.336. The van der Waals surface area contributed by atoms with Crippen molar-refractivity contribution >= 4 is 39.1 Å². The number of benzene rings is 3. The van der Waals surface area contributed by atoms with Crippen LogP contribution in [0.2, 0.25) is 5.02 Å². The molecule has 0 bridgehead atoms. The first-order chi connectivity index (χ1) is 19.0. The Kier molecular flexibility index (Phi) is 9.53. The Morgan fingerprint density at radius 1 is 0.950 bits per heavy atom. The third-order valence-electron chi connectivity index (χ3n) is 7.27. The van der Waals surface area contributed by atoms with Gasteiger partial charge in [0.05, 0.1) is 10.6 Å². The number of halogens is 1. The summed E-state index contributed by atoms with van der Waals surface area (Å²) in [5.41, 5.74) is 3.10. The Bertz CT molecular complexity index is 1450. The molecule has 1 N–H and O–H groups in total. The number of nitrogens with one attached hydrogen (secondary N) is 1. The third kappa shape index (κ3) is 7.23.